The average molecular weight is 374 g/mol. The van der Waals surface area contributed by atoms with E-state index in [1.54, 1.807) is 25.3 Å². The smallest absolute Gasteiger partial charge is 0.248 e. The molecular weight excluding hydrogens is 352 g/mol. The van der Waals surface area contributed by atoms with E-state index in [-0.39, 0.29) is 10.8 Å². The Kier molecular flexibility index (Phi) is 7.53. The second-order valence-electron chi connectivity index (χ2n) is 5.50. The van der Waals surface area contributed by atoms with Gasteiger partial charge in [0.1, 0.15) is 0 Å². The van der Waals surface area contributed by atoms with Gasteiger partial charge < -0.3 is 10.1 Å². The summed E-state index contributed by atoms with van der Waals surface area (Å²) in [6.07, 6.45) is 3.73. The fourth-order valence-electron chi connectivity index (χ4n) is 2.14. The van der Waals surface area contributed by atoms with Gasteiger partial charge in [0.05, 0.1) is 4.90 Å². The average Bonchev–Trinajstić information content (AvgIpc) is 2.65. The van der Waals surface area contributed by atoms with Crippen LogP contribution in [0.25, 0.3) is 6.08 Å². The first kappa shape index (κ1) is 19.8. The molecule has 7 heteroatoms. The maximum absolute atomic E-state index is 12.1. The summed E-state index contributed by atoms with van der Waals surface area (Å²) in [6.45, 7) is 0.795. The van der Waals surface area contributed by atoms with Gasteiger partial charge in [0.15, 0.2) is 0 Å². The third-order valence-corrected chi connectivity index (χ3v) is 4.95. The highest BCUT2D eigenvalue weighted by Crippen LogP contribution is 2.14. The normalized spacial score (nSPS) is 11.6. The minimum Gasteiger partial charge on any atom is -0.385 e. The maximum atomic E-state index is 12.1. The molecule has 1 amide bonds. The summed E-state index contributed by atoms with van der Waals surface area (Å²) in [5, 5.41) is 2.69. The van der Waals surface area contributed by atoms with E-state index in [2.05, 4.69) is 10.0 Å². The molecule has 2 aromatic rings. The van der Waals surface area contributed by atoms with Crippen LogP contribution in [0.5, 0.6) is 0 Å². The topological polar surface area (TPSA) is 84.5 Å². The van der Waals surface area contributed by atoms with E-state index in [0.717, 1.165) is 5.56 Å². The van der Waals surface area contributed by atoms with Gasteiger partial charge in [-0.15, -0.1) is 0 Å². The second-order valence-corrected chi connectivity index (χ2v) is 7.27. The predicted octanol–water partition coefficient (Wildman–Crippen LogP) is 2.65. The Balaban J connectivity index is 1.92. The van der Waals surface area contributed by atoms with Crippen LogP contribution in [-0.4, -0.2) is 34.6 Å². The number of hydrogen-bond acceptors (Lipinski definition) is 4. The monoisotopic (exact) mass is 374 g/mol. The highest BCUT2D eigenvalue weighted by Gasteiger charge is 2.13. The van der Waals surface area contributed by atoms with Crippen molar-refractivity contribution in [1.82, 2.24) is 4.72 Å². The third kappa shape index (κ3) is 6.44. The molecule has 2 rings (SSSR count). The number of nitrogens with one attached hydrogen (secondary N) is 2. The number of anilines is 1. The molecule has 0 saturated carbocycles. The first-order chi connectivity index (χ1) is 12.5. The summed E-state index contributed by atoms with van der Waals surface area (Å²) < 4.78 is 31.7. The number of amides is 1. The van der Waals surface area contributed by atoms with Gasteiger partial charge in [-0.2, -0.15) is 0 Å². The van der Waals surface area contributed by atoms with Crippen molar-refractivity contribution < 1.29 is 17.9 Å². The van der Waals surface area contributed by atoms with Gasteiger partial charge in [0.2, 0.25) is 15.9 Å². The van der Waals surface area contributed by atoms with Crippen LogP contribution in [0.4, 0.5) is 5.69 Å². The Morgan fingerprint density at radius 1 is 1.08 bits per heavy atom. The van der Waals surface area contributed by atoms with Crippen molar-refractivity contribution in [2.75, 3.05) is 25.6 Å². The van der Waals surface area contributed by atoms with Crippen molar-refractivity contribution in [1.29, 1.82) is 0 Å². The van der Waals surface area contributed by atoms with Crippen LogP contribution in [0, 0.1) is 0 Å². The lowest BCUT2D eigenvalue weighted by Gasteiger charge is -2.08. The molecule has 0 saturated heterocycles. The van der Waals surface area contributed by atoms with Gasteiger partial charge >= 0.3 is 0 Å². The molecule has 0 aromatic heterocycles. The van der Waals surface area contributed by atoms with E-state index >= 15 is 0 Å². The number of carbonyl (C=O) groups excluding carboxylic acids is 1. The molecule has 6 nitrogen and oxygen atoms in total. The van der Waals surface area contributed by atoms with Crippen LogP contribution in [-0.2, 0) is 19.6 Å². The van der Waals surface area contributed by atoms with Crippen molar-refractivity contribution in [3.8, 4) is 0 Å². The highest BCUT2D eigenvalue weighted by atomic mass is 32.2. The van der Waals surface area contributed by atoms with E-state index < -0.39 is 10.0 Å². The molecule has 0 unspecified atom stereocenters. The Morgan fingerprint density at radius 3 is 2.42 bits per heavy atom. The number of sulfonamides is 1. The number of hydrogen-bond donors (Lipinski definition) is 2. The molecule has 0 radical (unpaired) electrons. The summed E-state index contributed by atoms with van der Waals surface area (Å²) in [5.41, 5.74) is 1.44. The molecule has 2 N–H and O–H groups in total. The lowest BCUT2D eigenvalue weighted by Crippen LogP contribution is -2.25. The molecule has 138 valence electrons. The summed E-state index contributed by atoms with van der Waals surface area (Å²) in [5.74, 6) is -0.290. The minimum atomic E-state index is -3.56. The molecule has 0 aliphatic rings. The molecule has 0 fully saturated rings. The van der Waals surface area contributed by atoms with Crippen molar-refractivity contribution in [3.05, 3.63) is 66.2 Å². The molecule has 26 heavy (non-hydrogen) atoms. The lowest BCUT2D eigenvalue weighted by molar-refractivity contribution is -0.111. The highest BCUT2D eigenvalue weighted by molar-refractivity contribution is 7.89. The fourth-order valence-corrected chi connectivity index (χ4v) is 3.22. The summed E-state index contributed by atoms with van der Waals surface area (Å²) >= 11 is 0. The first-order valence-corrected chi connectivity index (χ1v) is 9.62. The van der Waals surface area contributed by atoms with Crippen LogP contribution in [0.3, 0.4) is 0 Å². The zero-order valence-corrected chi connectivity index (χ0v) is 15.3. The zero-order chi connectivity index (χ0) is 18.8. The summed E-state index contributed by atoms with van der Waals surface area (Å²) in [6, 6.07) is 15.5. The largest absolute Gasteiger partial charge is 0.385 e. The van der Waals surface area contributed by atoms with Gasteiger partial charge in [0, 0.05) is 32.0 Å². The van der Waals surface area contributed by atoms with Crippen molar-refractivity contribution in [2.24, 2.45) is 0 Å². The number of methoxy groups -OCH3 is 1. The summed E-state index contributed by atoms with van der Waals surface area (Å²) in [7, 11) is -2.00. The van der Waals surface area contributed by atoms with Crippen LogP contribution < -0.4 is 10.0 Å². The summed E-state index contributed by atoms with van der Waals surface area (Å²) in [4.78, 5) is 12.1. The quantitative estimate of drug-likeness (QED) is 0.522. The Hall–Kier alpha value is -2.48. The Morgan fingerprint density at radius 2 is 1.77 bits per heavy atom. The molecule has 0 aliphatic carbocycles. The van der Waals surface area contributed by atoms with E-state index in [0.29, 0.717) is 25.3 Å². The SMILES string of the molecule is COCCCNS(=O)(=O)c1ccc(NC(=O)/C=C/c2ccccc2)cc1. The number of rotatable bonds is 9. The van der Waals surface area contributed by atoms with Gasteiger partial charge in [0.25, 0.3) is 0 Å². The molecule has 0 heterocycles. The van der Waals surface area contributed by atoms with Crippen LogP contribution >= 0.6 is 0 Å². The van der Waals surface area contributed by atoms with Gasteiger partial charge in [-0.25, -0.2) is 13.1 Å². The number of benzene rings is 2. The third-order valence-electron chi connectivity index (χ3n) is 3.48. The van der Waals surface area contributed by atoms with Crippen molar-refractivity contribution >= 4 is 27.7 Å². The molecule has 2 aromatic carbocycles. The molecular formula is C19H22N2O4S. The van der Waals surface area contributed by atoms with Crippen molar-refractivity contribution in [3.63, 3.8) is 0 Å². The number of carbonyl (C=O) groups is 1. The van der Waals surface area contributed by atoms with E-state index in [4.69, 9.17) is 4.74 Å². The lowest BCUT2D eigenvalue weighted by atomic mass is 10.2. The van der Waals surface area contributed by atoms with E-state index in [1.165, 1.54) is 18.2 Å². The molecule has 0 atom stereocenters. The Bertz CT molecular complexity index is 832. The molecule has 0 spiro atoms. The van der Waals surface area contributed by atoms with Crippen LogP contribution in [0.1, 0.15) is 12.0 Å². The van der Waals surface area contributed by atoms with Crippen LogP contribution in [0.2, 0.25) is 0 Å². The van der Waals surface area contributed by atoms with Crippen LogP contribution in [0.15, 0.2) is 65.6 Å². The van der Waals surface area contributed by atoms with Gasteiger partial charge in [-0.05, 0) is 42.3 Å². The molecule has 0 aliphatic heterocycles. The second kappa shape index (κ2) is 9.86. The maximum Gasteiger partial charge on any atom is 0.248 e. The van der Waals surface area contributed by atoms with Gasteiger partial charge in [-0.1, -0.05) is 30.3 Å². The van der Waals surface area contributed by atoms with Crippen molar-refractivity contribution in [2.45, 2.75) is 11.3 Å². The first-order valence-electron chi connectivity index (χ1n) is 8.14. The fraction of sp³-hybridized carbons (Fsp3) is 0.211. The predicted molar refractivity (Wildman–Crippen MR) is 102 cm³/mol. The molecule has 0 bridgehead atoms. The number of ether oxygens (including phenoxy) is 1. The van der Waals surface area contributed by atoms with E-state index in [1.807, 2.05) is 30.3 Å². The standard InChI is InChI=1S/C19H22N2O4S/c1-25-15-5-14-20-26(23,24)18-11-9-17(10-12-18)21-19(22)13-8-16-6-3-2-4-7-16/h2-4,6-13,20H,5,14-15H2,1H3,(H,21,22)/b13-8+. The zero-order valence-electron chi connectivity index (χ0n) is 14.5. The minimum absolute atomic E-state index is 0.146. The van der Waals surface area contributed by atoms with Gasteiger partial charge in [-0.3, -0.25) is 4.79 Å². The Labute approximate surface area is 153 Å². The van der Waals surface area contributed by atoms with E-state index in [9.17, 15) is 13.2 Å².